The van der Waals surface area contributed by atoms with Gasteiger partial charge in [-0.3, -0.25) is 4.98 Å². The van der Waals surface area contributed by atoms with Crippen LogP contribution in [0.2, 0.25) is 0 Å². The van der Waals surface area contributed by atoms with E-state index >= 15 is 0 Å². The highest BCUT2D eigenvalue weighted by Gasteiger charge is 2.20. The number of nitrogens with one attached hydrogen (secondary N) is 1. The summed E-state index contributed by atoms with van der Waals surface area (Å²) in [7, 11) is 1.99. The van der Waals surface area contributed by atoms with Crippen molar-refractivity contribution in [2.45, 2.75) is 25.2 Å². The largest absolute Gasteiger partial charge is 0.319 e. The number of fused-ring (bicyclic) bond motifs is 1. The van der Waals surface area contributed by atoms with Crippen LogP contribution in [0, 0.1) is 0 Å². The Labute approximate surface area is 91.4 Å². The quantitative estimate of drug-likeness (QED) is 0.598. The second-order valence-electron chi connectivity index (χ2n) is 4.01. The molecule has 1 heterocycles. The minimum absolute atomic E-state index is 0.554. The van der Waals surface area contributed by atoms with Crippen LogP contribution in [0.1, 0.15) is 30.0 Å². The standard InChI is InChI=1S/C13H18N2/c1-14-9-3-2-5-11-7-8-12-6-4-10-15-13(11)12/h2,4-6,10-11,14H,3,7-9H2,1H3. The molecule has 0 bridgehead atoms. The summed E-state index contributed by atoms with van der Waals surface area (Å²) in [4.78, 5) is 4.47. The number of allylic oxidation sites excluding steroid dienone is 1. The van der Waals surface area contributed by atoms with Gasteiger partial charge in [-0.05, 0) is 44.5 Å². The molecule has 0 radical (unpaired) electrons. The van der Waals surface area contributed by atoms with Gasteiger partial charge in [0, 0.05) is 12.1 Å². The van der Waals surface area contributed by atoms with Crippen molar-refractivity contribution in [2.24, 2.45) is 0 Å². The Bertz CT molecular complexity index is 344. The van der Waals surface area contributed by atoms with Crippen LogP contribution in [0.15, 0.2) is 30.5 Å². The molecule has 0 saturated carbocycles. The van der Waals surface area contributed by atoms with Gasteiger partial charge in [-0.1, -0.05) is 18.2 Å². The van der Waals surface area contributed by atoms with E-state index < -0.39 is 0 Å². The monoisotopic (exact) mass is 202 g/mol. The van der Waals surface area contributed by atoms with Gasteiger partial charge in [0.1, 0.15) is 0 Å². The Balaban J connectivity index is 1.98. The van der Waals surface area contributed by atoms with Gasteiger partial charge in [0.25, 0.3) is 0 Å². The molecule has 1 atom stereocenters. The van der Waals surface area contributed by atoms with Crippen molar-refractivity contribution in [3.8, 4) is 0 Å². The third-order valence-corrected chi connectivity index (χ3v) is 2.93. The number of aryl methyl sites for hydroxylation is 1. The van der Waals surface area contributed by atoms with Crippen molar-refractivity contribution in [1.82, 2.24) is 10.3 Å². The third-order valence-electron chi connectivity index (χ3n) is 2.93. The molecule has 0 aliphatic heterocycles. The summed E-state index contributed by atoms with van der Waals surface area (Å²) in [5.74, 6) is 0.554. The first-order chi connectivity index (χ1) is 7.42. The average Bonchev–Trinajstić information content (AvgIpc) is 2.68. The summed E-state index contributed by atoms with van der Waals surface area (Å²) in [6, 6.07) is 4.23. The number of hydrogen-bond donors (Lipinski definition) is 1. The molecule has 1 aromatic heterocycles. The summed E-state index contributed by atoms with van der Waals surface area (Å²) in [5, 5.41) is 3.15. The molecule has 0 fully saturated rings. The van der Waals surface area contributed by atoms with Crippen molar-refractivity contribution >= 4 is 0 Å². The van der Waals surface area contributed by atoms with Crippen LogP contribution in [-0.4, -0.2) is 18.6 Å². The highest BCUT2D eigenvalue weighted by Crippen LogP contribution is 2.31. The number of rotatable bonds is 4. The van der Waals surface area contributed by atoms with Gasteiger partial charge in [0.15, 0.2) is 0 Å². The summed E-state index contributed by atoms with van der Waals surface area (Å²) in [5.41, 5.74) is 2.72. The molecular weight excluding hydrogens is 184 g/mol. The van der Waals surface area contributed by atoms with E-state index in [0.29, 0.717) is 5.92 Å². The molecule has 0 saturated heterocycles. The summed E-state index contributed by atoms with van der Waals surface area (Å²) >= 11 is 0. The minimum atomic E-state index is 0.554. The molecule has 0 amide bonds. The molecule has 1 aliphatic rings. The maximum atomic E-state index is 4.47. The van der Waals surface area contributed by atoms with Crippen LogP contribution in [-0.2, 0) is 6.42 Å². The van der Waals surface area contributed by atoms with Crippen molar-refractivity contribution in [2.75, 3.05) is 13.6 Å². The molecule has 1 unspecified atom stereocenters. The third kappa shape index (κ3) is 2.45. The molecule has 15 heavy (non-hydrogen) atoms. The van der Waals surface area contributed by atoms with E-state index in [4.69, 9.17) is 0 Å². The lowest BCUT2D eigenvalue weighted by molar-refractivity contribution is 0.777. The average molecular weight is 202 g/mol. The zero-order valence-electron chi connectivity index (χ0n) is 9.24. The van der Waals surface area contributed by atoms with Gasteiger partial charge >= 0.3 is 0 Å². The number of aromatic nitrogens is 1. The Morgan fingerprint density at radius 3 is 3.40 bits per heavy atom. The van der Waals surface area contributed by atoms with Gasteiger partial charge in [-0.2, -0.15) is 0 Å². The topological polar surface area (TPSA) is 24.9 Å². The lowest BCUT2D eigenvalue weighted by Crippen LogP contribution is -2.05. The molecule has 0 spiro atoms. The van der Waals surface area contributed by atoms with E-state index in [9.17, 15) is 0 Å². The predicted molar refractivity (Wildman–Crippen MR) is 63.0 cm³/mol. The van der Waals surface area contributed by atoms with Crippen LogP contribution in [0.4, 0.5) is 0 Å². The van der Waals surface area contributed by atoms with E-state index in [1.54, 1.807) is 0 Å². The minimum Gasteiger partial charge on any atom is -0.319 e. The lowest BCUT2D eigenvalue weighted by atomic mass is 10.1. The number of hydrogen-bond acceptors (Lipinski definition) is 2. The molecule has 80 valence electrons. The van der Waals surface area contributed by atoms with Crippen LogP contribution >= 0.6 is 0 Å². The van der Waals surface area contributed by atoms with E-state index in [2.05, 4.69) is 28.5 Å². The second-order valence-corrected chi connectivity index (χ2v) is 4.01. The molecule has 2 nitrogen and oxygen atoms in total. The van der Waals surface area contributed by atoms with E-state index in [1.807, 2.05) is 19.3 Å². The predicted octanol–water partition coefficient (Wildman–Crippen LogP) is 2.28. The van der Waals surface area contributed by atoms with Gasteiger partial charge in [0.05, 0.1) is 5.69 Å². The maximum absolute atomic E-state index is 4.47. The second kappa shape index (κ2) is 5.08. The van der Waals surface area contributed by atoms with Crippen molar-refractivity contribution < 1.29 is 0 Å². The van der Waals surface area contributed by atoms with Gasteiger partial charge in [-0.15, -0.1) is 0 Å². The van der Waals surface area contributed by atoms with Gasteiger partial charge in [0.2, 0.25) is 0 Å². The van der Waals surface area contributed by atoms with Gasteiger partial charge in [-0.25, -0.2) is 0 Å². The lowest BCUT2D eigenvalue weighted by Gasteiger charge is -2.03. The van der Waals surface area contributed by atoms with Crippen molar-refractivity contribution in [3.63, 3.8) is 0 Å². The Morgan fingerprint density at radius 2 is 2.53 bits per heavy atom. The highest BCUT2D eigenvalue weighted by molar-refractivity contribution is 5.31. The van der Waals surface area contributed by atoms with Gasteiger partial charge < -0.3 is 5.32 Å². The first kappa shape index (κ1) is 10.4. The zero-order valence-corrected chi connectivity index (χ0v) is 9.24. The van der Waals surface area contributed by atoms with Crippen LogP contribution in [0.25, 0.3) is 0 Å². The fourth-order valence-electron chi connectivity index (χ4n) is 2.12. The fraction of sp³-hybridized carbons (Fsp3) is 0.462. The number of nitrogens with zero attached hydrogens (tertiary/aromatic N) is 1. The van der Waals surface area contributed by atoms with Crippen LogP contribution in [0.5, 0.6) is 0 Å². The molecule has 0 aromatic carbocycles. The Kier molecular flexibility index (Phi) is 3.51. The molecule has 1 aliphatic carbocycles. The van der Waals surface area contributed by atoms with Crippen molar-refractivity contribution in [1.29, 1.82) is 0 Å². The highest BCUT2D eigenvalue weighted by atomic mass is 14.8. The Hall–Kier alpha value is -1.15. The SMILES string of the molecule is CNCCC=CC1CCc2cccnc21. The molecular formula is C13H18N2. The zero-order chi connectivity index (χ0) is 10.5. The first-order valence-corrected chi connectivity index (χ1v) is 5.67. The fourth-order valence-corrected chi connectivity index (χ4v) is 2.12. The van der Waals surface area contributed by atoms with E-state index in [1.165, 1.54) is 24.1 Å². The van der Waals surface area contributed by atoms with E-state index in [-0.39, 0.29) is 0 Å². The molecule has 2 heteroatoms. The molecule has 1 aromatic rings. The first-order valence-electron chi connectivity index (χ1n) is 5.67. The Morgan fingerprint density at radius 1 is 1.60 bits per heavy atom. The molecule has 2 rings (SSSR count). The maximum Gasteiger partial charge on any atom is 0.0504 e. The normalized spacial score (nSPS) is 19.7. The summed E-state index contributed by atoms with van der Waals surface area (Å²) < 4.78 is 0. The van der Waals surface area contributed by atoms with Crippen molar-refractivity contribution in [3.05, 3.63) is 41.7 Å². The summed E-state index contributed by atoms with van der Waals surface area (Å²) in [6.07, 6.45) is 10.0. The smallest absolute Gasteiger partial charge is 0.0504 e. The van der Waals surface area contributed by atoms with Crippen LogP contribution < -0.4 is 5.32 Å². The van der Waals surface area contributed by atoms with E-state index in [0.717, 1.165) is 13.0 Å². The number of pyridine rings is 1. The summed E-state index contributed by atoms with van der Waals surface area (Å²) in [6.45, 7) is 1.05. The molecule has 1 N–H and O–H groups in total. The van der Waals surface area contributed by atoms with Crippen LogP contribution in [0.3, 0.4) is 0 Å².